The first kappa shape index (κ1) is 29.1. The molecule has 0 bridgehead atoms. The summed E-state index contributed by atoms with van der Waals surface area (Å²) in [5.74, 6) is 1.18. The molecular formula is C33H45O3P. The summed E-state index contributed by atoms with van der Waals surface area (Å²) in [7, 11) is -3.89. The zero-order valence-electron chi connectivity index (χ0n) is 24.9. The van der Waals surface area contributed by atoms with Gasteiger partial charge in [-0.25, -0.2) is 4.57 Å². The van der Waals surface area contributed by atoms with Crippen molar-refractivity contribution in [2.75, 3.05) is 0 Å². The largest absolute Gasteiger partial charge is 0.463 e. The van der Waals surface area contributed by atoms with Crippen molar-refractivity contribution in [3.63, 3.8) is 0 Å². The average molecular weight is 521 g/mol. The van der Waals surface area contributed by atoms with E-state index in [-0.39, 0.29) is 16.2 Å². The molecular weight excluding hydrogens is 475 g/mol. The summed E-state index contributed by atoms with van der Waals surface area (Å²) in [4.78, 5) is 0. The third-order valence-electron chi connectivity index (χ3n) is 6.58. The quantitative estimate of drug-likeness (QED) is 0.314. The van der Waals surface area contributed by atoms with E-state index in [0.29, 0.717) is 16.8 Å². The lowest BCUT2D eigenvalue weighted by Crippen LogP contribution is -2.27. The van der Waals surface area contributed by atoms with Gasteiger partial charge in [-0.1, -0.05) is 115 Å². The van der Waals surface area contributed by atoms with E-state index in [2.05, 4.69) is 101 Å². The van der Waals surface area contributed by atoms with Crippen LogP contribution in [0.25, 0.3) is 0 Å². The maximum Gasteiger partial charge on any atom is 0.463 e. The molecule has 0 saturated heterocycles. The van der Waals surface area contributed by atoms with Crippen molar-refractivity contribution in [1.82, 2.24) is 0 Å². The van der Waals surface area contributed by atoms with Crippen molar-refractivity contribution in [2.45, 2.75) is 99.3 Å². The van der Waals surface area contributed by atoms with Gasteiger partial charge in [-0.2, -0.15) is 0 Å². The van der Waals surface area contributed by atoms with Crippen LogP contribution >= 0.6 is 7.60 Å². The summed E-state index contributed by atoms with van der Waals surface area (Å²) in [5.41, 5.74) is 5.67. The molecule has 3 aromatic rings. The standard InChI is InChI=1S/C33H45O3P/c1-22-13-16-28(25(19-22)31(4,5)6)35-37(34,30-18-15-24(3)21-27(30)33(10,11)12)36-29-17-14-23(2)20-26(29)32(7,8)9/h13-21H,1-12H3. The molecule has 0 spiro atoms. The van der Waals surface area contributed by atoms with Crippen molar-refractivity contribution in [3.8, 4) is 11.5 Å². The summed E-state index contributed by atoms with van der Waals surface area (Å²) in [6.45, 7) is 25.4. The van der Waals surface area contributed by atoms with E-state index >= 15 is 4.57 Å². The zero-order valence-corrected chi connectivity index (χ0v) is 25.8. The highest BCUT2D eigenvalue weighted by Gasteiger charge is 2.39. The average Bonchev–Trinajstić information content (AvgIpc) is 2.74. The Morgan fingerprint density at radius 2 is 0.838 bits per heavy atom. The molecule has 3 nitrogen and oxygen atoms in total. The van der Waals surface area contributed by atoms with Gasteiger partial charge in [0.2, 0.25) is 0 Å². The van der Waals surface area contributed by atoms with Crippen LogP contribution in [0.4, 0.5) is 0 Å². The molecule has 0 aliphatic carbocycles. The van der Waals surface area contributed by atoms with Gasteiger partial charge in [0, 0.05) is 11.1 Å². The Morgan fingerprint density at radius 3 is 1.19 bits per heavy atom. The van der Waals surface area contributed by atoms with Gasteiger partial charge in [0.05, 0.1) is 5.30 Å². The second kappa shape index (κ2) is 9.99. The zero-order chi connectivity index (χ0) is 28.0. The molecule has 0 saturated carbocycles. The predicted octanol–water partition coefficient (Wildman–Crippen LogP) is 9.48. The minimum Gasteiger partial charge on any atom is -0.412 e. The van der Waals surface area contributed by atoms with Crippen LogP contribution in [0.2, 0.25) is 0 Å². The highest BCUT2D eigenvalue weighted by atomic mass is 31.2. The fourth-order valence-corrected chi connectivity index (χ4v) is 6.51. The molecule has 200 valence electrons. The van der Waals surface area contributed by atoms with Crippen LogP contribution in [-0.4, -0.2) is 0 Å². The molecule has 3 rings (SSSR count). The molecule has 0 fully saturated rings. The molecule has 0 radical (unpaired) electrons. The third-order valence-corrected chi connectivity index (χ3v) is 8.43. The second-order valence-corrected chi connectivity index (χ2v) is 15.3. The second-order valence-electron chi connectivity index (χ2n) is 13.4. The van der Waals surface area contributed by atoms with Crippen molar-refractivity contribution < 1.29 is 13.6 Å². The molecule has 0 atom stereocenters. The fourth-order valence-electron chi connectivity index (χ4n) is 4.48. The Labute approximate surface area is 225 Å². The fraction of sp³-hybridized carbons (Fsp3) is 0.455. The molecule has 0 amide bonds. The monoisotopic (exact) mass is 520 g/mol. The molecule has 3 aromatic carbocycles. The van der Waals surface area contributed by atoms with E-state index in [1.807, 2.05) is 36.4 Å². The summed E-state index contributed by atoms with van der Waals surface area (Å²) >= 11 is 0. The van der Waals surface area contributed by atoms with Crippen LogP contribution in [0.1, 0.15) is 95.7 Å². The maximum atomic E-state index is 15.2. The Hall–Kier alpha value is -2.51. The van der Waals surface area contributed by atoms with Gasteiger partial charge >= 0.3 is 7.60 Å². The number of hydrogen-bond acceptors (Lipinski definition) is 3. The molecule has 4 heteroatoms. The first-order valence-electron chi connectivity index (χ1n) is 13.1. The van der Waals surface area contributed by atoms with E-state index in [0.717, 1.165) is 33.4 Å². The summed E-state index contributed by atoms with van der Waals surface area (Å²) in [6.07, 6.45) is 0. The molecule has 37 heavy (non-hydrogen) atoms. The number of aryl methyl sites for hydroxylation is 3. The van der Waals surface area contributed by atoms with Crippen LogP contribution in [0, 0.1) is 20.8 Å². The highest BCUT2D eigenvalue weighted by Crippen LogP contribution is 2.53. The van der Waals surface area contributed by atoms with E-state index in [4.69, 9.17) is 9.05 Å². The Balaban J connectivity index is 2.32. The Bertz CT molecular complexity index is 1260. The summed E-state index contributed by atoms with van der Waals surface area (Å²) in [6, 6.07) is 18.1. The lowest BCUT2D eigenvalue weighted by atomic mass is 9.85. The van der Waals surface area contributed by atoms with Gasteiger partial charge in [0.15, 0.2) is 0 Å². The van der Waals surface area contributed by atoms with E-state index in [1.165, 1.54) is 0 Å². The molecule has 0 unspecified atom stereocenters. The number of benzene rings is 3. The smallest absolute Gasteiger partial charge is 0.412 e. The molecule has 0 aromatic heterocycles. The Kier molecular flexibility index (Phi) is 7.84. The van der Waals surface area contributed by atoms with Crippen LogP contribution in [-0.2, 0) is 20.8 Å². The third kappa shape index (κ3) is 6.68. The molecule has 0 N–H and O–H groups in total. The van der Waals surface area contributed by atoms with E-state index in [9.17, 15) is 0 Å². The highest BCUT2D eigenvalue weighted by molar-refractivity contribution is 7.63. The molecule has 0 heterocycles. The van der Waals surface area contributed by atoms with Gasteiger partial charge in [-0.3, -0.25) is 0 Å². The first-order valence-corrected chi connectivity index (χ1v) is 14.7. The minimum atomic E-state index is -3.89. The predicted molar refractivity (Wildman–Crippen MR) is 158 cm³/mol. The van der Waals surface area contributed by atoms with Gasteiger partial charge in [0.1, 0.15) is 11.5 Å². The van der Waals surface area contributed by atoms with Crippen molar-refractivity contribution in [1.29, 1.82) is 0 Å². The van der Waals surface area contributed by atoms with Crippen LogP contribution < -0.4 is 14.4 Å². The summed E-state index contributed by atoms with van der Waals surface area (Å²) < 4.78 is 28.4. The molecule has 0 aliphatic heterocycles. The topological polar surface area (TPSA) is 35.5 Å². The number of rotatable bonds is 5. The normalized spacial score (nSPS) is 13.0. The van der Waals surface area contributed by atoms with Crippen LogP contribution in [0.5, 0.6) is 11.5 Å². The minimum absolute atomic E-state index is 0.202. The van der Waals surface area contributed by atoms with E-state index < -0.39 is 7.60 Å². The first-order chi connectivity index (χ1) is 16.8. The van der Waals surface area contributed by atoms with Crippen LogP contribution in [0.3, 0.4) is 0 Å². The van der Waals surface area contributed by atoms with Crippen molar-refractivity contribution >= 4 is 12.9 Å². The van der Waals surface area contributed by atoms with E-state index in [1.54, 1.807) is 0 Å². The maximum absolute atomic E-state index is 15.2. The lowest BCUT2D eigenvalue weighted by Gasteiger charge is -2.31. The van der Waals surface area contributed by atoms with Gasteiger partial charge in [-0.15, -0.1) is 0 Å². The van der Waals surface area contributed by atoms with Crippen LogP contribution in [0.15, 0.2) is 54.6 Å². The molecule has 0 aliphatic rings. The Morgan fingerprint density at radius 1 is 0.514 bits per heavy atom. The van der Waals surface area contributed by atoms with Gasteiger partial charge in [0.25, 0.3) is 0 Å². The van der Waals surface area contributed by atoms with Crippen molar-refractivity contribution in [2.24, 2.45) is 0 Å². The number of hydrogen-bond donors (Lipinski definition) is 0. The SMILES string of the molecule is Cc1ccc(OP(=O)(Oc2ccc(C)cc2C(C)(C)C)c2ccc(C)cc2C(C)(C)C)c(C(C)(C)C)c1. The van der Waals surface area contributed by atoms with Gasteiger partial charge < -0.3 is 9.05 Å². The summed E-state index contributed by atoms with van der Waals surface area (Å²) in [5, 5.41) is 0.603. The van der Waals surface area contributed by atoms with Crippen molar-refractivity contribution in [3.05, 3.63) is 88.0 Å². The van der Waals surface area contributed by atoms with Gasteiger partial charge in [-0.05, 0) is 60.8 Å². The lowest BCUT2D eigenvalue weighted by molar-refractivity contribution is 0.386.